The number of nitrogens with one attached hydrogen (secondary N) is 2. The molecule has 0 bridgehead atoms. The van der Waals surface area contributed by atoms with Gasteiger partial charge in [-0.3, -0.25) is 9.59 Å². The molecular weight excluding hydrogens is 354 g/mol. The Morgan fingerprint density at radius 1 is 1.12 bits per heavy atom. The molecule has 9 heteroatoms. The maximum Gasteiger partial charge on any atom is 0.250 e. The first-order chi connectivity index (χ1) is 11.4. The third-order valence-electron chi connectivity index (χ3n) is 3.06. The summed E-state index contributed by atoms with van der Waals surface area (Å²) in [5, 5.41) is 2.86. The van der Waals surface area contributed by atoms with Gasteiger partial charge in [0.2, 0.25) is 15.9 Å². The Morgan fingerprint density at radius 3 is 2.62 bits per heavy atom. The molecule has 2 N–H and O–H groups in total. The number of benzene rings is 1. The van der Waals surface area contributed by atoms with Crippen molar-refractivity contribution in [2.75, 3.05) is 13.1 Å². The van der Waals surface area contributed by atoms with Gasteiger partial charge in [-0.15, -0.1) is 0 Å². The predicted octanol–water partition coefficient (Wildman–Crippen LogP) is 0.596. The Kier molecular flexibility index (Phi) is 6.13. The quantitative estimate of drug-likeness (QED) is 0.698. The fraction of sp³-hybridized carbons (Fsp3) is 0.200. The molecule has 0 aliphatic heterocycles. The molecule has 128 valence electrons. The molecule has 0 saturated carbocycles. The Labute approximate surface area is 144 Å². The van der Waals surface area contributed by atoms with Crippen LogP contribution in [-0.2, 0) is 21.4 Å². The van der Waals surface area contributed by atoms with E-state index in [0.29, 0.717) is 5.02 Å². The summed E-state index contributed by atoms with van der Waals surface area (Å²) in [5.74, 6) is -0.384. The summed E-state index contributed by atoms with van der Waals surface area (Å²) < 4.78 is 27.7. The highest BCUT2D eigenvalue weighted by Gasteiger charge is 2.13. The Balaban J connectivity index is 1.81. The number of hydrogen-bond acceptors (Lipinski definition) is 4. The van der Waals surface area contributed by atoms with Crippen molar-refractivity contribution in [3.05, 3.63) is 64.0 Å². The largest absolute Gasteiger partial charge is 0.353 e. The van der Waals surface area contributed by atoms with Gasteiger partial charge in [0.25, 0.3) is 5.56 Å². The van der Waals surface area contributed by atoms with Crippen molar-refractivity contribution in [2.45, 2.75) is 11.4 Å². The number of amides is 1. The van der Waals surface area contributed by atoms with Gasteiger partial charge in [0.05, 0.1) is 4.90 Å². The van der Waals surface area contributed by atoms with Gasteiger partial charge < -0.3 is 9.88 Å². The van der Waals surface area contributed by atoms with Gasteiger partial charge >= 0.3 is 0 Å². The van der Waals surface area contributed by atoms with E-state index in [-0.39, 0.29) is 36.0 Å². The SMILES string of the molecule is O=C(Cn1ccccc1=O)NCCNS(=O)(=O)c1cccc(Cl)c1. The molecule has 0 radical (unpaired) electrons. The van der Waals surface area contributed by atoms with E-state index < -0.39 is 10.0 Å². The molecule has 1 amide bonds. The van der Waals surface area contributed by atoms with Crippen molar-refractivity contribution in [1.82, 2.24) is 14.6 Å². The van der Waals surface area contributed by atoms with E-state index in [1.54, 1.807) is 18.2 Å². The van der Waals surface area contributed by atoms with Crippen molar-refractivity contribution >= 4 is 27.5 Å². The first kappa shape index (κ1) is 18.2. The van der Waals surface area contributed by atoms with E-state index in [9.17, 15) is 18.0 Å². The lowest BCUT2D eigenvalue weighted by atomic mass is 10.4. The fourth-order valence-electron chi connectivity index (χ4n) is 1.91. The lowest BCUT2D eigenvalue weighted by molar-refractivity contribution is -0.121. The maximum absolute atomic E-state index is 12.0. The fourth-order valence-corrected chi connectivity index (χ4v) is 3.24. The molecule has 0 saturated heterocycles. The summed E-state index contributed by atoms with van der Waals surface area (Å²) in [4.78, 5) is 23.3. The molecule has 2 rings (SSSR count). The topological polar surface area (TPSA) is 97.3 Å². The van der Waals surface area contributed by atoms with E-state index in [4.69, 9.17) is 11.6 Å². The summed E-state index contributed by atoms with van der Waals surface area (Å²) in [7, 11) is -3.69. The Bertz CT molecular complexity index is 880. The van der Waals surface area contributed by atoms with Gasteiger partial charge in [0.15, 0.2) is 0 Å². The molecular formula is C15H16ClN3O4S. The number of rotatable bonds is 7. The highest BCUT2D eigenvalue weighted by atomic mass is 35.5. The number of sulfonamides is 1. The minimum atomic E-state index is -3.69. The van der Waals surface area contributed by atoms with Crippen LogP contribution in [0.4, 0.5) is 0 Å². The summed E-state index contributed by atoms with van der Waals surface area (Å²) >= 11 is 5.77. The Hall–Kier alpha value is -2.16. The summed E-state index contributed by atoms with van der Waals surface area (Å²) in [6, 6.07) is 10.5. The standard InChI is InChI=1S/C15H16ClN3O4S/c16-12-4-3-5-13(10-12)24(22,23)18-8-7-17-14(20)11-19-9-2-1-6-15(19)21/h1-6,9-10,18H,7-8,11H2,(H,17,20). The van der Waals surface area contributed by atoms with Crippen molar-refractivity contribution < 1.29 is 13.2 Å². The van der Waals surface area contributed by atoms with Gasteiger partial charge in [-0.1, -0.05) is 23.7 Å². The molecule has 0 fully saturated rings. The second kappa shape index (κ2) is 8.09. The van der Waals surface area contributed by atoms with Crippen LogP contribution < -0.4 is 15.6 Å². The number of hydrogen-bond donors (Lipinski definition) is 2. The van der Waals surface area contributed by atoms with E-state index >= 15 is 0 Å². The molecule has 1 heterocycles. The zero-order chi connectivity index (χ0) is 17.6. The molecule has 0 unspecified atom stereocenters. The van der Waals surface area contributed by atoms with Crippen molar-refractivity contribution in [3.8, 4) is 0 Å². The molecule has 1 aromatic carbocycles. The second-order valence-corrected chi connectivity index (χ2v) is 7.08. The van der Waals surface area contributed by atoms with Crippen LogP contribution in [-0.4, -0.2) is 32.0 Å². The van der Waals surface area contributed by atoms with Crippen LogP contribution in [0.5, 0.6) is 0 Å². The van der Waals surface area contributed by atoms with Crippen LogP contribution >= 0.6 is 11.6 Å². The normalized spacial score (nSPS) is 11.2. The predicted molar refractivity (Wildman–Crippen MR) is 90.4 cm³/mol. The summed E-state index contributed by atoms with van der Waals surface area (Å²) in [6.45, 7) is -0.00873. The van der Waals surface area contributed by atoms with Gasteiger partial charge in [0.1, 0.15) is 6.54 Å². The van der Waals surface area contributed by atoms with Gasteiger partial charge in [0, 0.05) is 30.4 Å². The minimum Gasteiger partial charge on any atom is -0.353 e. The molecule has 1 aromatic heterocycles. The zero-order valence-corrected chi connectivity index (χ0v) is 14.2. The Morgan fingerprint density at radius 2 is 1.92 bits per heavy atom. The van der Waals surface area contributed by atoms with E-state index in [0.717, 1.165) is 0 Å². The van der Waals surface area contributed by atoms with Crippen molar-refractivity contribution in [3.63, 3.8) is 0 Å². The monoisotopic (exact) mass is 369 g/mol. The van der Waals surface area contributed by atoms with E-state index in [1.165, 1.54) is 35.0 Å². The highest BCUT2D eigenvalue weighted by molar-refractivity contribution is 7.89. The lowest BCUT2D eigenvalue weighted by Crippen LogP contribution is -2.37. The number of halogens is 1. The summed E-state index contributed by atoms with van der Waals surface area (Å²) in [5.41, 5.74) is -0.283. The average Bonchev–Trinajstić information content (AvgIpc) is 2.54. The van der Waals surface area contributed by atoms with Crippen molar-refractivity contribution in [1.29, 1.82) is 0 Å². The number of carbonyl (C=O) groups is 1. The smallest absolute Gasteiger partial charge is 0.250 e. The van der Waals surface area contributed by atoms with Crippen LogP contribution in [0.3, 0.4) is 0 Å². The second-order valence-electron chi connectivity index (χ2n) is 4.87. The third-order valence-corrected chi connectivity index (χ3v) is 4.75. The van der Waals surface area contributed by atoms with Gasteiger partial charge in [-0.05, 0) is 24.3 Å². The maximum atomic E-state index is 12.0. The summed E-state index contributed by atoms with van der Waals surface area (Å²) in [6.07, 6.45) is 1.50. The molecule has 0 atom stereocenters. The van der Waals surface area contributed by atoms with Gasteiger partial charge in [-0.25, -0.2) is 13.1 Å². The molecule has 7 nitrogen and oxygen atoms in total. The zero-order valence-electron chi connectivity index (χ0n) is 12.6. The lowest BCUT2D eigenvalue weighted by Gasteiger charge is -2.09. The number of nitrogens with zero attached hydrogens (tertiary/aromatic N) is 1. The first-order valence-electron chi connectivity index (χ1n) is 7.06. The van der Waals surface area contributed by atoms with Gasteiger partial charge in [-0.2, -0.15) is 0 Å². The third kappa shape index (κ3) is 5.19. The van der Waals surface area contributed by atoms with Crippen molar-refractivity contribution in [2.24, 2.45) is 0 Å². The van der Waals surface area contributed by atoms with Crippen LogP contribution in [0.25, 0.3) is 0 Å². The number of carbonyl (C=O) groups excluding carboxylic acids is 1. The first-order valence-corrected chi connectivity index (χ1v) is 8.92. The molecule has 0 aliphatic carbocycles. The highest BCUT2D eigenvalue weighted by Crippen LogP contribution is 2.14. The molecule has 0 aliphatic rings. The van der Waals surface area contributed by atoms with Crippen LogP contribution in [0.2, 0.25) is 5.02 Å². The van der Waals surface area contributed by atoms with Crippen LogP contribution in [0.15, 0.2) is 58.4 Å². The van der Waals surface area contributed by atoms with E-state index in [2.05, 4.69) is 10.0 Å². The van der Waals surface area contributed by atoms with Crippen LogP contribution in [0.1, 0.15) is 0 Å². The molecule has 24 heavy (non-hydrogen) atoms. The average molecular weight is 370 g/mol. The number of aromatic nitrogens is 1. The van der Waals surface area contributed by atoms with E-state index in [1.807, 2.05) is 0 Å². The minimum absolute atomic E-state index is 0.0181. The molecule has 0 spiro atoms. The number of pyridine rings is 1. The van der Waals surface area contributed by atoms with Crippen LogP contribution in [0, 0.1) is 0 Å². The molecule has 2 aromatic rings.